The summed E-state index contributed by atoms with van der Waals surface area (Å²) in [6, 6.07) is 5.16. The van der Waals surface area contributed by atoms with Gasteiger partial charge in [0, 0.05) is 11.0 Å². The standard InChI is InChI=1S/C10H14BrNO2S/c1-3-7-12-15(13,14)10-6-4-5-9(11)8(10)2/h4-6,12H,3,7H2,1-2H3. The fraction of sp³-hybridized carbons (Fsp3) is 0.400. The number of hydrogen-bond acceptors (Lipinski definition) is 2. The average Bonchev–Trinajstić information content (AvgIpc) is 2.19. The average molecular weight is 292 g/mol. The monoisotopic (exact) mass is 291 g/mol. The first-order valence-electron chi connectivity index (χ1n) is 4.74. The van der Waals surface area contributed by atoms with E-state index in [0.29, 0.717) is 11.4 Å². The van der Waals surface area contributed by atoms with Gasteiger partial charge >= 0.3 is 0 Å². The second-order valence-corrected chi connectivity index (χ2v) is 5.85. The highest BCUT2D eigenvalue weighted by molar-refractivity contribution is 9.10. The van der Waals surface area contributed by atoms with Crippen LogP contribution in [0.15, 0.2) is 27.6 Å². The van der Waals surface area contributed by atoms with Crippen LogP contribution in [0.5, 0.6) is 0 Å². The lowest BCUT2D eigenvalue weighted by Gasteiger charge is -2.09. The van der Waals surface area contributed by atoms with Crippen LogP contribution in [0.4, 0.5) is 0 Å². The fourth-order valence-electron chi connectivity index (χ4n) is 1.19. The number of halogens is 1. The van der Waals surface area contributed by atoms with Crippen molar-refractivity contribution in [3.8, 4) is 0 Å². The first-order chi connectivity index (χ1) is 6.99. The number of rotatable bonds is 4. The minimum absolute atomic E-state index is 0.338. The van der Waals surface area contributed by atoms with Crippen molar-refractivity contribution in [2.75, 3.05) is 6.54 Å². The molecule has 0 aromatic heterocycles. The van der Waals surface area contributed by atoms with Gasteiger partial charge in [0.15, 0.2) is 0 Å². The van der Waals surface area contributed by atoms with Crippen LogP contribution in [0, 0.1) is 6.92 Å². The number of sulfonamides is 1. The van der Waals surface area contributed by atoms with E-state index >= 15 is 0 Å². The Hall–Kier alpha value is -0.390. The second kappa shape index (κ2) is 5.09. The zero-order chi connectivity index (χ0) is 11.5. The maximum Gasteiger partial charge on any atom is 0.240 e. The summed E-state index contributed by atoms with van der Waals surface area (Å²) < 4.78 is 27.0. The molecule has 0 aliphatic rings. The van der Waals surface area contributed by atoms with Gasteiger partial charge in [0.2, 0.25) is 10.0 Å². The van der Waals surface area contributed by atoms with Gasteiger partial charge in [0.05, 0.1) is 4.90 Å². The van der Waals surface area contributed by atoms with Crippen molar-refractivity contribution in [2.45, 2.75) is 25.2 Å². The zero-order valence-corrected chi connectivity index (χ0v) is 11.2. The van der Waals surface area contributed by atoms with E-state index in [0.717, 1.165) is 16.5 Å². The molecule has 0 unspecified atom stereocenters. The van der Waals surface area contributed by atoms with Gasteiger partial charge in [-0.1, -0.05) is 28.9 Å². The summed E-state index contributed by atoms with van der Waals surface area (Å²) >= 11 is 3.31. The van der Waals surface area contributed by atoms with E-state index in [-0.39, 0.29) is 0 Å². The first-order valence-corrected chi connectivity index (χ1v) is 7.01. The van der Waals surface area contributed by atoms with Crippen LogP contribution in [0.2, 0.25) is 0 Å². The van der Waals surface area contributed by atoms with Gasteiger partial charge in [-0.05, 0) is 31.0 Å². The van der Waals surface area contributed by atoms with Crippen LogP contribution in [-0.4, -0.2) is 15.0 Å². The molecule has 15 heavy (non-hydrogen) atoms. The molecular weight excluding hydrogens is 278 g/mol. The maximum absolute atomic E-state index is 11.8. The highest BCUT2D eigenvalue weighted by Crippen LogP contribution is 2.22. The number of nitrogens with one attached hydrogen (secondary N) is 1. The summed E-state index contributed by atoms with van der Waals surface area (Å²) in [6.07, 6.45) is 0.784. The Kier molecular flexibility index (Phi) is 4.31. The third kappa shape index (κ3) is 3.03. The summed E-state index contributed by atoms with van der Waals surface area (Å²) in [4.78, 5) is 0.338. The molecule has 0 spiro atoms. The molecule has 1 N–H and O–H groups in total. The van der Waals surface area contributed by atoms with Crippen molar-refractivity contribution in [1.29, 1.82) is 0 Å². The molecule has 0 saturated heterocycles. The highest BCUT2D eigenvalue weighted by Gasteiger charge is 2.16. The van der Waals surface area contributed by atoms with Crippen LogP contribution in [0.3, 0.4) is 0 Å². The van der Waals surface area contributed by atoms with Crippen molar-refractivity contribution < 1.29 is 8.42 Å². The summed E-state index contributed by atoms with van der Waals surface area (Å²) in [5, 5.41) is 0. The van der Waals surface area contributed by atoms with Gasteiger partial charge in [0.1, 0.15) is 0 Å². The Labute approximate surface area is 99.1 Å². The third-order valence-corrected chi connectivity index (χ3v) is 4.51. The van der Waals surface area contributed by atoms with Crippen LogP contribution in [0.25, 0.3) is 0 Å². The van der Waals surface area contributed by atoms with Crippen molar-refractivity contribution in [3.63, 3.8) is 0 Å². The van der Waals surface area contributed by atoms with Crippen LogP contribution in [0.1, 0.15) is 18.9 Å². The Morgan fingerprint density at radius 3 is 2.67 bits per heavy atom. The molecule has 3 nitrogen and oxygen atoms in total. The van der Waals surface area contributed by atoms with Crippen LogP contribution < -0.4 is 4.72 Å². The topological polar surface area (TPSA) is 46.2 Å². The molecule has 84 valence electrons. The van der Waals surface area contributed by atoms with Gasteiger partial charge in [-0.2, -0.15) is 0 Å². The molecule has 0 aliphatic heterocycles. The molecule has 0 saturated carbocycles. The van der Waals surface area contributed by atoms with E-state index in [1.165, 1.54) is 0 Å². The summed E-state index contributed by atoms with van der Waals surface area (Å²) in [5.74, 6) is 0. The SMILES string of the molecule is CCCNS(=O)(=O)c1cccc(Br)c1C. The van der Waals surface area contributed by atoms with Gasteiger partial charge in [-0.3, -0.25) is 0 Å². The molecule has 1 aromatic rings. The van der Waals surface area contributed by atoms with Crippen LogP contribution >= 0.6 is 15.9 Å². The molecule has 0 atom stereocenters. The molecule has 1 aromatic carbocycles. The quantitative estimate of drug-likeness (QED) is 0.926. The van der Waals surface area contributed by atoms with Crippen molar-refractivity contribution in [1.82, 2.24) is 4.72 Å². The minimum Gasteiger partial charge on any atom is -0.211 e. The van der Waals surface area contributed by atoms with Crippen molar-refractivity contribution >= 4 is 26.0 Å². The smallest absolute Gasteiger partial charge is 0.211 e. The van der Waals surface area contributed by atoms with Gasteiger partial charge in [-0.25, -0.2) is 13.1 Å². The van der Waals surface area contributed by atoms with E-state index in [4.69, 9.17) is 0 Å². The van der Waals surface area contributed by atoms with Gasteiger partial charge in [-0.15, -0.1) is 0 Å². The minimum atomic E-state index is -3.36. The molecule has 0 amide bonds. The second-order valence-electron chi connectivity index (χ2n) is 3.26. The molecule has 0 radical (unpaired) electrons. The molecule has 1 rings (SSSR count). The van der Waals surface area contributed by atoms with Crippen molar-refractivity contribution in [2.24, 2.45) is 0 Å². The molecule has 0 bridgehead atoms. The maximum atomic E-state index is 11.8. The van der Waals surface area contributed by atoms with E-state index in [1.807, 2.05) is 13.0 Å². The van der Waals surface area contributed by atoms with E-state index in [9.17, 15) is 8.42 Å². The van der Waals surface area contributed by atoms with Gasteiger partial charge < -0.3 is 0 Å². The summed E-state index contributed by atoms with van der Waals surface area (Å²) in [6.45, 7) is 4.18. The lowest BCUT2D eigenvalue weighted by atomic mass is 10.2. The molecule has 0 heterocycles. The number of benzene rings is 1. The normalized spacial score (nSPS) is 11.7. The third-order valence-electron chi connectivity index (χ3n) is 2.05. The molecule has 5 heteroatoms. The fourth-order valence-corrected chi connectivity index (χ4v) is 3.09. The Bertz CT molecular complexity index is 443. The Balaban J connectivity index is 3.10. The summed E-state index contributed by atoms with van der Waals surface area (Å²) in [7, 11) is -3.36. The van der Waals surface area contributed by atoms with Crippen molar-refractivity contribution in [3.05, 3.63) is 28.2 Å². The predicted molar refractivity (Wildman–Crippen MR) is 64.4 cm³/mol. The van der Waals surface area contributed by atoms with Gasteiger partial charge in [0.25, 0.3) is 0 Å². The van der Waals surface area contributed by atoms with E-state index in [1.54, 1.807) is 19.1 Å². The van der Waals surface area contributed by atoms with Crippen LogP contribution in [-0.2, 0) is 10.0 Å². The predicted octanol–water partition coefficient (Wildman–Crippen LogP) is 2.45. The molecule has 0 aliphatic carbocycles. The van der Waals surface area contributed by atoms with E-state index < -0.39 is 10.0 Å². The van der Waals surface area contributed by atoms with E-state index in [2.05, 4.69) is 20.7 Å². The summed E-state index contributed by atoms with van der Waals surface area (Å²) in [5.41, 5.74) is 0.737. The highest BCUT2D eigenvalue weighted by atomic mass is 79.9. The number of hydrogen-bond donors (Lipinski definition) is 1. The molecule has 0 fully saturated rings. The molecular formula is C10H14BrNO2S. The first kappa shape index (κ1) is 12.7. The Morgan fingerprint density at radius 2 is 2.07 bits per heavy atom. The zero-order valence-electron chi connectivity index (χ0n) is 8.75. The lowest BCUT2D eigenvalue weighted by molar-refractivity contribution is 0.580. The Morgan fingerprint density at radius 1 is 1.40 bits per heavy atom. The largest absolute Gasteiger partial charge is 0.240 e. The lowest BCUT2D eigenvalue weighted by Crippen LogP contribution is -2.25.